The monoisotopic (exact) mass is 288 g/mol. The highest BCUT2D eigenvalue weighted by atomic mass is 16.5. The van der Waals surface area contributed by atoms with Gasteiger partial charge in [-0.05, 0) is 69.2 Å². The molecule has 3 nitrogen and oxygen atoms in total. The molecule has 21 heavy (non-hydrogen) atoms. The molecule has 2 aliphatic rings. The Hall–Kier alpha value is -1.22. The molecule has 1 saturated heterocycles. The SMILES string of the molecule is COC1CCC(Nc2ccc(N3CCCC3)cc2C)CC1. The second kappa shape index (κ2) is 6.69. The number of ether oxygens (including phenoxy) is 1. The molecule has 1 aliphatic heterocycles. The van der Waals surface area contributed by atoms with Crippen LogP contribution in [0.1, 0.15) is 44.1 Å². The van der Waals surface area contributed by atoms with Crippen LogP contribution in [0.3, 0.4) is 0 Å². The van der Waals surface area contributed by atoms with Crippen LogP contribution in [0.15, 0.2) is 18.2 Å². The second-order valence-electron chi connectivity index (χ2n) is 6.55. The van der Waals surface area contributed by atoms with Crippen LogP contribution >= 0.6 is 0 Å². The number of aryl methyl sites for hydroxylation is 1. The van der Waals surface area contributed by atoms with Gasteiger partial charge in [0.2, 0.25) is 0 Å². The van der Waals surface area contributed by atoms with Crippen molar-refractivity contribution >= 4 is 11.4 Å². The molecule has 0 aromatic heterocycles. The van der Waals surface area contributed by atoms with Crippen molar-refractivity contribution in [3.8, 4) is 0 Å². The third kappa shape index (κ3) is 3.52. The van der Waals surface area contributed by atoms with Crippen LogP contribution in [0.5, 0.6) is 0 Å². The molecule has 0 radical (unpaired) electrons. The molecule has 0 spiro atoms. The lowest BCUT2D eigenvalue weighted by molar-refractivity contribution is 0.0682. The summed E-state index contributed by atoms with van der Waals surface area (Å²) in [5.41, 5.74) is 4.06. The summed E-state index contributed by atoms with van der Waals surface area (Å²) < 4.78 is 5.45. The van der Waals surface area contributed by atoms with E-state index < -0.39 is 0 Å². The van der Waals surface area contributed by atoms with Crippen LogP contribution in [0.25, 0.3) is 0 Å². The largest absolute Gasteiger partial charge is 0.382 e. The molecule has 1 N–H and O–H groups in total. The van der Waals surface area contributed by atoms with Gasteiger partial charge in [0.1, 0.15) is 0 Å². The Morgan fingerprint density at radius 2 is 1.81 bits per heavy atom. The first-order chi connectivity index (χ1) is 10.3. The van der Waals surface area contributed by atoms with Gasteiger partial charge in [0.15, 0.2) is 0 Å². The van der Waals surface area contributed by atoms with Gasteiger partial charge in [-0.3, -0.25) is 0 Å². The predicted octanol–water partition coefficient (Wildman–Crippen LogP) is 3.96. The molecule has 3 heteroatoms. The highest BCUT2D eigenvalue weighted by Crippen LogP contribution is 2.28. The molecule has 2 fully saturated rings. The van der Waals surface area contributed by atoms with Crippen LogP contribution in [-0.2, 0) is 4.74 Å². The third-order valence-electron chi connectivity index (χ3n) is 5.05. The number of methoxy groups -OCH3 is 1. The number of hydrogen-bond acceptors (Lipinski definition) is 3. The van der Waals surface area contributed by atoms with Gasteiger partial charge in [-0.2, -0.15) is 0 Å². The summed E-state index contributed by atoms with van der Waals surface area (Å²) in [4.78, 5) is 2.50. The van der Waals surface area contributed by atoms with Crippen LogP contribution in [0.2, 0.25) is 0 Å². The maximum atomic E-state index is 5.45. The third-order valence-corrected chi connectivity index (χ3v) is 5.05. The standard InChI is InChI=1S/C18H28N2O/c1-14-13-16(20-11-3-4-12-20)7-10-18(14)19-15-5-8-17(21-2)9-6-15/h7,10,13,15,17,19H,3-6,8-9,11-12H2,1-2H3. The van der Waals surface area contributed by atoms with Gasteiger partial charge >= 0.3 is 0 Å². The summed E-state index contributed by atoms with van der Waals surface area (Å²) in [5, 5.41) is 3.74. The van der Waals surface area contributed by atoms with E-state index in [0.29, 0.717) is 12.1 Å². The summed E-state index contributed by atoms with van der Waals surface area (Å²) in [5.74, 6) is 0. The summed E-state index contributed by atoms with van der Waals surface area (Å²) >= 11 is 0. The molecule has 0 atom stereocenters. The molecule has 1 aliphatic carbocycles. The van der Waals surface area contributed by atoms with Crippen LogP contribution in [-0.4, -0.2) is 32.3 Å². The normalized spacial score (nSPS) is 26.1. The predicted molar refractivity (Wildman–Crippen MR) is 89.3 cm³/mol. The molecule has 1 aromatic carbocycles. The van der Waals surface area contributed by atoms with Crippen LogP contribution < -0.4 is 10.2 Å². The van der Waals surface area contributed by atoms with Gasteiger partial charge in [-0.25, -0.2) is 0 Å². The first-order valence-corrected chi connectivity index (χ1v) is 8.41. The smallest absolute Gasteiger partial charge is 0.0572 e. The van der Waals surface area contributed by atoms with Crippen LogP contribution in [0, 0.1) is 6.92 Å². The molecule has 0 amide bonds. The fraction of sp³-hybridized carbons (Fsp3) is 0.667. The van der Waals surface area contributed by atoms with Crippen molar-refractivity contribution in [2.75, 3.05) is 30.4 Å². The van der Waals surface area contributed by atoms with E-state index in [2.05, 4.69) is 35.3 Å². The molecule has 0 unspecified atom stereocenters. The van der Waals surface area contributed by atoms with Crippen molar-refractivity contribution in [1.29, 1.82) is 0 Å². The van der Waals surface area contributed by atoms with Gasteiger partial charge in [-0.15, -0.1) is 0 Å². The summed E-state index contributed by atoms with van der Waals surface area (Å²) in [7, 11) is 1.83. The lowest BCUT2D eigenvalue weighted by Crippen LogP contribution is -2.29. The first kappa shape index (κ1) is 14.7. The minimum absolute atomic E-state index is 0.474. The van der Waals surface area contributed by atoms with Gasteiger partial charge in [0.05, 0.1) is 6.10 Å². The van der Waals surface area contributed by atoms with Gasteiger partial charge in [-0.1, -0.05) is 0 Å². The quantitative estimate of drug-likeness (QED) is 0.907. The van der Waals surface area contributed by atoms with Gasteiger partial charge in [0, 0.05) is 37.6 Å². The zero-order chi connectivity index (χ0) is 14.7. The summed E-state index contributed by atoms with van der Waals surface area (Å²) in [6.07, 6.45) is 7.93. The number of hydrogen-bond donors (Lipinski definition) is 1. The van der Waals surface area contributed by atoms with Gasteiger partial charge < -0.3 is 15.0 Å². The average Bonchev–Trinajstić information content (AvgIpc) is 3.04. The number of benzene rings is 1. The van der Waals surface area contributed by atoms with E-state index in [-0.39, 0.29) is 0 Å². The second-order valence-corrected chi connectivity index (χ2v) is 6.55. The van der Waals surface area contributed by atoms with Crippen LogP contribution in [0.4, 0.5) is 11.4 Å². The maximum absolute atomic E-state index is 5.45. The number of rotatable bonds is 4. The van der Waals surface area contributed by atoms with Crippen molar-refractivity contribution in [2.45, 2.75) is 57.6 Å². The molecule has 116 valence electrons. The minimum Gasteiger partial charge on any atom is -0.382 e. The van der Waals surface area contributed by atoms with E-state index >= 15 is 0 Å². The Labute approximate surface area is 128 Å². The Morgan fingerprint density at radius 1 is 1.10 bits per heavy atom. The summed E-state index contributed by atoms with van der Waals surface area (Å²) in [6, 6.07) is 7.49. The van der Waals surface area contributed by atoms with E-state index in [0.717, 1.165) is 0 Å². The zero-order valence-electron chi connectivity index (χ0n) is 13.4. The molecule has 3 rings (SSSR count). The van der Waals surface area contributed by atoms with Gasteiger partial charge in [0.25, 0.3) is 0 Å². The van der Waals surface area contributed by atoms with E-state index in [1.807, 2.05) is 7.11 Å². The molecular formula is C18H28N2O. The van der Waals surface area contributed by atoms with Crippen molar-refractivity contribution < 1.29 is 4.74 Å². The molecule has 0 bridgehead atoms. The average molecular weight is 288 g/mol. The van der Waals surface area contributed by atoms with Crippen molar-refractivity contribution in [3.63, 3.8) is 0 Å². The zero-order valence-corrected chi connectivity index (χ0v) is 13.4. The molecule has 1 saturated carbocycles. The minimum atomic E-state index is 0.474. The Balaban J connectivity index is 1.61. The lowest BCUT2D eigenvalue weighted by atomic mass is 9.92. The Kier molecular flexibility index (Phi) is 4.69. The van der Waals surface area contributed by atoms with E-state index in [1.54, 1.807) is 0 Å². The number of nitrogens with one attached hydrogen (secondary N) is 1. The summed E-state index contributed by atoms with van der Waals surface area (Å²) in [6.45, 7) is 4.66. The Morgan fingerprint density at radius 3 is 2.43 bits per heavy atom. The molecular weight excluding hydrogens is 260 g/mol. The molecule has 1 heterocycles. The highest BCUT2D eigenvalue weighted by molar-refractivity contribution is 5.60. The van der Waals surface area contributed by atoms with E-state index in [4.69, 9.17) is 4.74 Å². The number of nitrogens with zero attached hydrogens (tertiary/aromatic N) is 1. The first-order valence-electron chi connectivity index (χ1n) is 8.41. The lowest BCUT2D eigenvalue weighted by Gasteiger charge is -2.29. The molecule has 1 aromatic rings. The number of anilines is 2. The topological polar surface area (TPSA) is 24.5 Å². The van der Waals surface area contributed by atoms with Crippen molar-refractivity contribution in [1.82, 2.24) is 0 Å². The fourth-order valence-electron chi connectivity index (χ4n) is 3.64. The fourth-order valence-corrected chi connectivity index (χ4v) is 3.64. The van der Waals surface area contributed by atoms with Crippen molar-refractivity contribution in [2.24, 2.45) is 0 Å². The van der Waals surface area contributed by atoms with E-state index in [1.165, 1.54) is 68.6 Å². The Bertz CT molecular complexity index is 460. The maximum Gasteiger partial charge on any atom is 0.0572 e. The highest BCUT2D eigenvalue weighted by Gasteiger charge is 2.21. The van der Waals surface area contributed by atoms with Crippen molar-refractivity contribution in [3.05, 3.63) is 23.8 Å². The van der Waals surface area contributed by atoms with E-state index in [9.17, 15) is 0 Å².